The Balaban J connectivity index is 1.59. The zero-order valence-corrected chi connectivity index (χ0v) is 20.7. The van der Waals surface area contributed by atoms with E-state index in [9.17, 15) is 10.1 Å². The van der Waals surface area contributed by atoms with E-state index in [0.717, 1.165) is 43.0 Å². The monoisotopic (exact) mass is 463 g/mol. The molecule has 4 rings (SSSR count). The van der Waals surface area contributed by atoms with Crippen molar-refractivity contribution >= 4 is 23.6 Å². The minimum Gasteiger partial charge on any atom is -0.444 e. The topological polar surface area (TPSA) is 98.0 Å². The smallest absolute Gasteiger partial charge is 0.410 e. The zero-order chi connectivity index (χ0) is 24.7. The van der Waals surface area contributed by atoms with Crippen LogP contribution < -0.4 is 9.80 Å². The van der Waals surface area contributed by atoms with E-state index in [2.05, 4.69) is 32.4 Å². The van der Waals surface area contributed by atoms with Gasteiger partial charge in [-0.05, 0) is 39.7 Å². The Hall–Kier alpha value is -3.41. The van der Waals surface area contributed by atoms with Gasteiger partial charge in [-0.1, -0.05) is 19.1 Å². The van der Waals surface area contributed by atoms with Crippen LogP contribution in [0.2, 0.25) is 0 Å². The number of rotatable bonds is 4. The maximum absolute atomic E-state index is 12.5. The Bertz CT molecular complexity index is 1090. The Morgan fingerprint density at radius 3 is 2.56 bits per heavy atom. The molecule has 0 bridgehead atoms. The Kier molecular flexibility index (Phi) is 6.11. The first-order chi connectivity index (χ1) is 16.1. The molecule has 0 N–H and O–H groups in total. The number of likely N-dealkylation sites (N-methyl/N-ethyl adjacent to an activating group) is 1. The van der Waals surface area contributed by atoms with Crippen molar-refractivity contribution in [1.82, 2.24) is 14.9 Å². The van der Waals surface area contributed by atoms with E-state index in [4.69, 9.17) is 9.72 Å². The Labute approximate surface area is 201 Å². The number of nitrogens with zero attached hydrogens (tertiary/aromatic N) is 7. The van der Waals surface area contributed by atoms with Gasteiger partial charge in [-0.2, -0.15) is 5.26 Å². The molecule has 0 atom stereocenters. The average Bonchev–Trinajstić information content (AvgIpc) is 3.09. The molecule has 0 aromatic carbocycles. The molecule has 9 heteroatoms. The molecule has 1 aromatic rings. The van der Waals surface area contributed by atoms with Gasteiger partial charge in [0.25, 0.3) is 0 Å². The first-order valence-electron chi connectivity index (χ1n) is 11.7. The van der Waals surface area contributed by atoms with Gasteiger partial charge in [-0.3, -0.25) is 4.99 Å². The molecule has 0 unspecified atom stereocenters. The minimum atomic E-state index is -0.522. The molecule has 1 amide bonds. The minimum absolute atomic E-state index is 0.0150. The van der Waals surface area contributed by atoms with Crippen LogP contribution in [0.3, 0.4) is 0 Å². The number of hydrogen-bond acceptors (Lipinski definition) is 7. The molecule has 2 fully saturated rings. The predicted molar refractivity (Wildman–Crippen MR) is 132 cm³/mol. The number of anilines is 2. The van der Waals surface area contributed by atoms with E-state index in [1.807, 2.05) is 20.8 Å². The summed E-state index contributed by atoms with van der Waals surface area (Å²) in [5.41, 5.74) is 1.08. The molecule has 1 spiro atoms. The van der Waals surface area contributed by atoms with Crippen molar-refractivity contribution in [2.24, 2.45) is 4.99 Å². The fraction of sp³-hybridized carbons (Fsp3) is 0.560. The molecule has 0 radical (unpaired) electrons. The highest BCUT2D eigenvalue weighted by Crippen LogP contribution is 2.55. The van der Waals surface area contributed by atoms with E-state index in [-0.39, 0.29) is 17.6 Å². The quantitative estimate of drug-likeness (QED) is 0.292. The largest absolute Gasteiger partial charge is 0.444 e. The van der Waals surface area contributed by atoms with Crippen LogP contribution in [-0.4, -0.2) is 72.2 Å². The molecule has 1 saturated heterocycles. The van der Waals surface area contributed by atoms with Crippen LogP contribution in [0.4, 0.5) is 16.4 Å². The summed E-state index contributed by atoms with van der Waals surface area (Å²) in [4.78, 5) is 32.3. The molecule has 1 aliphatic carbocycles. The molecule has 3 aliphatic rings. The van der Waals surface area contributed by atoms with Crippen molar-refractivity contribution in [3.63, 3.8) is 0 Å². The molecule has 1 saturated carbocycles. The first kappa shape index (κ1) is 23.7. The van der Waals surface area contributed by atoms with Gasteiger partial charge >= 0.3 is 6.09 Å². The van der Waals surface area contributed by atoms with Crippen molar-refractivity contribution < 1.29 is 9.53 Å². The van der Waals surface area contributed by atoms with Gasteiger partial charge < -0.3 is 19.4 Å². The van der Waals surface area contributed by atoms with Crippen LogP contribution in [0.5, 0.6) is 0 Å². The van der Waals surface area contributed by atoms with Crippen LogP contribution >= 0.6 is 0 Å². The molecule has 9 nitrogen and oxygen atoms in total. The van der Waals surface area contributed by atoms with Crippen molar-refractivity contribution in [2.75, 3.05) is 43.5 Å². The Morgan fingerprint density at radius 1 is 1.35 bits per heavy atom. The number of carbonyl (C=O) groups excluding carboxylic acids is 1. The van der Waals surface area contributed by atoms with E-state index in [0.29, 0.717) is 24.5 Å². The maximum atomic E-state index is 12.5. The van der Waals surface area contributed by atoms with Gasteiger partial charge in [-0.25, -0.2) is 14.8 Å². The van der Waals surface area contributed by atoms with Crippen LogP contribution in [-0.2, 0) is 10.2 Å². The summed E-state index contributed by atoms with van der Waals surface area (Å²) in [6.45, 7) is 11.5. The number of allylic oxidation sites excluding steroid dienone is 2. The molecular weight excluding hydrogens is 430 g/mol. The summed E-state index contributed by atoms with van der Waals surface area (Å²) in [6.07, 6.45) is 7.88. The van der Waals surface area contributed by atoms with E-state index in [1.54, 1.807) is 31.4 Å². The van der Waals surface area contributed by atoms with Crippen LogP contribution in [0.15, 0.2) is 35.6 Å². The lowest BCUT2D eigenvalue weighted by Gasteiger charge is -2.47. The fourth-order valence-corrected chi connectivity index (χ4v) is 4.84. The molecule has 3 heterocycles. The SMILES string of the molecule is C=C/C(C#N)=C\C(=NC)N1CC2(CCC2)c2c(N3CC(N(C)C(=O)OC(C)(C)C)C3)ncnc21. The van der Waals surface area contributed by atoms with Crippen LogP contribution in [0, 0.1) is 11.3 Å². The average molecular weight is 464 g/mol. The van der Waals surface area contributed by atoms with Gasteiger partial charge in [0, 0.05) is 44.7 Å². The van der Waals surface area contributed by atoms with Gasteiger partial charge in [0.15, 0.2) is 0 Å². The first-order valence-corrected chi connectivity index (χ1v) is 11.7. The number of fused-ring (bicyclic) bond motifs is 2. The highest BCUT2D eigenvalue weighted by atomic mass is 16.6. The third kappa shape index (κ3) is 4.13. The maximum Gasteiger partial charge on any atom is 0.410 e. The van der Waals surface area contributed by atoms with Crippen LogP contribution in [0.25, 0.3) is 0 Å². The summed E-state index contributed by atoms with van der Waals surface area (Å²) < 4.78 is 5.52. The number of carbonyl (C=O) groups is 1. The Morgan fingerprint density at radius 2 is 2.03 bits per heavy atom. The number of nitriles is 1. The highest BCUT2D eigenvalue weighted by molar-refractivity contribution is 6.08. The lowest BCUT2D eigenvalue weighted by Crippen LogP contribution is -2.61. The highest BCUT2D eigenvalue weighted by Gasteiger charge is 2.52. The zero-order valence-electron chi connectivity index (χ0n) is 20.7. The third-order valence-corrected chi connectivity index (χ3v) is 6.89. The van der Waals surface area contributed by atoms with Crippen molar-refractivity contribution in [3.05, 3.63) is 36.2 Å². The normalized spacial score (nSPS) is 19.8. The molecular formula is C25H33N7O2. The summed E-state index contributed by atoms with van der Waals surface area (Å²) in [5.74, 6) is 2.48. The van der Waals surface area contributed by atoms with E-state index < -0.39 is 5.60 Å². The lowest BCUT2D eigenvalue weighted by molar-refractivity contribution is 0.0196. The van der Waals surface area contributed by atoms with E-state index >= 15 is 0 Å². The molecule has 180 valence electrons. The van der Waals surface area contributed by atoms with Crippen molar-refractivity contribution in [1.29, 1.82) is 5.26 Å². The van der Waals surface area contributed by atoms with Crippen molar-refractivity contribution in [3.8, 4) is 6.07 Å². The van der Waals surface area contributed by atoms with E-state index in [1.165, 1.54) is 6.08 Å². The van der Waals surface area contributed by atoms with Gasteiger partial charge in [0.1, 0.15) is 29.4 Å². The second-order valence-electron chi connectivity index (χ2n) is 10.3. The number of amides is 1. The van der Waals surface area contributed by atoms with Gasteiger partial charge in [0.05, 0.1) is 17.7 Å². The predicted octanol–water partition coefficient (Wildman–Crippen LogP) is 3.44. The van der Waals surface area contributed by atoms with Gasteiger partial charge in [0.2, 0.25) is 0 Å². The summed E-state index contributed by atoms with van der Waals surface area (Å²) in [7, 11) is 3.52. The second-order valence-corrected chi connectivity index (χ2v) is 10.3. The lowest BCUT2D eigenvalue weighted by atomic mass is 9.66. The number of ether oxygens (including phenoxy) is 1. The van der Waals surface area contributed by atoms with Crippen molar-refractivity contribution in [2.45, 2.75) is 57.1 Å². The van der Waals surface area contributed by atoms with Crippen LogP contribution in [0.1, 0.15) is 45.6 Å². The standard InChI is InChI=1S/C25H33N7O2/c1-7-17(12-26)11-19(27-5)32-15-25(9-8-10-25)20-21(28-16-29-22(20)32)31-13-18(14-31)30(6)23(33)34-24(2,3)4/h7,11,16,18H,1,8-10,13-15H2,2-6H3/b17-11+,27-19?. The number of amidine groups is 1. The van der Waals surface area contributed by atoms with Gasteiger partial charge in [-0.15, -0.1) is 0 Å². The second kappa shape index (κ2) is 8.75. The summed E-state index contributed by atoms with van der Waals surface area (Å²) in [5, 5.41) is 9.36. The molecule has 34 heavy (non-hydrogen) atoms. The third-order valence-electron chi connectivity index (χ3n) is 6.89. The number of aromatic nitrogens is 2. The summed E-state index contributed by atoms with van der Waals surface area (Å²) in [6, 6.07) is 2.22. The summed E-state index contributed by atoms with van der Waals surface area (Å²) >= 11 is 0. The molecule has 2 aliphatic heterocycles. The molecule has 1 aromatic heterocycles. The number of hydrogen-bond donors (Lipinski definition) is 0. The fourth-order valence-electron chi connectivity index (χ4n) is 4.84. The number of aliphatic imine (C=N–C) groups is 1.